The van der Waals surface area contributed by atoms with Gasteiger partial charge in [0.2, 0.25) is 0 Å². The van der Waals surface area contributed by atoms with E-state index in [9.17, 15) is 0 Å². The Labute approximate surface area is 354 Å². The van der Waals surface area contributed by atoms with Gasteiger partial charge in [-0.1, -0.05) is 154 Å². The first-order chi connectivity index (χ1) is 29.4. The summed E-state index contributed by atoms with van der Waals surface area (Å²) in [7, 11) is 0.820. The molecule has 0 atom stereocenters. The summed E-state index contributed by atoms with van der Waals surface area (Å²) >= 11 is 1.93. The first-order valence-corrected chi connectivity index (χ1v) is 21.8. The molecule has 0 unspecified atom stereocenters. The summed E-state index contributed by atoms with van der Waals surface area (Å²) in [5.74, 6) is 0. The molecule has 4 heteroatoms. The lowest BCUT2D eigenvalue weighted by Gasteiger charge is -2.26. The highest BCUT2D eigenvalue weighted by Crippen LogP contribution is 2.46. The molecule has 9 aromatic carbocycles. The topological polar surface area (TPSA) is 17.0 Å². The van der Waals surface area contributed by atoms with E-state index in [0.717, 1.165) is 18.7 Å². The molecule has 1 aliphatic heterocycles. The van der Waals surface area contributed by atoms with Crippen LogP contribution >= 0.6 is 11.3 Å². The van der Waals surface area contributed by atoms with Gasteiger partial charge in [0.25, 0.3) is 0 Å². The summed E-state index contributed by atoms with van der Waals surface area (Å²) in [5.41, 5.74) is 17.6. The van der Waals surface area contributed by atoms with Crippen molar-refractivity contribution in [1.29, 1.82) is 0 Å². The number of benzene rings is 9. The number of fused-ring (bicyclic) bond motifs is 10. The molecule has 0 radical (unpaired) electrons. The molecule has 0 saturated carbocycles. The van der Waals surface area contributed by atoms with Crippen molar-refractivity contribution in [3.8, 4) is 39.1 Å². The fraction of sp³-hybridized carbons (Fsp3) is 0.0714. The van der Waals surface area contributed by atoms with E-state index in [0.29, 0.717) is 0 Å². The van der Waals surface area contributed by atoms with E-state index in [1.165, 1.54) is 108 Å². The third kappa shape index (κ3) is 5.55. The average molecular weight is 785 g/mol. The highest BCUT2D eigenvalue weighted by molar-refractivity contribution is 7.26. The fourth-order valence-electron chi connectivity index (χ4n) is 9.71. The lowest BCUT2D eigenvalue weighted by atomic mass is 9.58. The van der Waals surface area contributed by atoms with Gasteiger partial charge < -0.3 is 9.88 Å². The molecule has 2 aromatic heterocycles. The monoisotopic (exact) mass is 784 g/mol. The first kappa shape index (κ1) is 35.1. The Hall–Kier alpha value is -6.88. The van der Waals surface area contributed by atoms with E-state index in [2.05, 4.69) is 213 Å². The zero-order valence-corrected chi connectivity index (χ0v) is 34.7. The largest absolute Gasteiger partial charge is 0.355 e. The van der Waals surface area contributed by atoms with Crippen LogP contribution in [0.25, 0.3) is 91.8 Å². The van der Waals surface area contributed by atoms with Gasteiger partial charge in [-0.15, -0.1) is 11.3 Å². The summed E-state index contributed by atoms with van der Waals surface area (Å²) < 4.78 is 5.28. The molecule has 0 aliphatic carbocycles. The molecular formula is C56H41BN2S. The zero-order valence-electron chi connectivity index (χ0n) is 33.9. The van der Waals surface area contributed by atoms with Gasteiger partial charge in [-0.25, -0.2) is 0 Å². The molecule has 0 spiro atoms. The quantitative estimate of drug-likeness (QED) is 0.172. The molecule has 60 heavy (non-hydrogen) atoms. The van der Waals surface area contributed by atoms with Crippen LogP contribution in [0.4, 0.5) is 11.4 Å². The maximum absolute atomic E-state index is 3.94. The Morgan fingerprint density at radius 1 is 0.517 bits per heavy atom. The van der Waals surface area contributed by atoms with Crippen LogP contribution in [0.15, 0.2) is 182 Å². The van der Waals surface area contributed by atoms with Crippen LogP contribution in [0, 0.1) is 0 Å². The molecule has 11 aromatic rings. The third-order valence-electron chi connectivity index (χ3n) is 12.7. The highest BCUT2D eigenvalue weighted by Gasteiger charge is 2.30. The van der Waals surface area contributed by atoms with E-state index in [4.69, 9.17) is 0 Å². The Balaban J connectivity index is 1.18. The van der Waals surface area contributed by atoms with Crippen LogP contribution in [0.3, 0.4) is 0 Å². The summed E-state index contributed by atoms with van der Waals surface area (Å²) in [6.45, 7) is 6.82. The predicted octanol–water partition coefficient (Wildman–Crippen LogP) is 14.0. The molecule has 0 amide bonds. The number of nitrogens with zero attached hydrogens (tertiary/aromatic N) is 1. The second-order valence-electron chi connectivity index (χ2n) is 17.4. The van der Waals surface area contributed by atoms with Crippen LogP contribution < -0.4 is 16.2 Å². The standard InChI is InChI=1S/C56H41BN2S/c1-56(2,3)40-23-25-41(26-24-40)58-49-32-37-19-11-10-18-36(37)28-43(49)45-33-47-42-20-12-13-21-51(42)60-55(47)54-52(45)57-48-31-39(35-16-8-5-9-17-35)30-46-44-29-38(34-14-6-4-7-15-34)22-27-50(44)59(54)53(46)48/h4-33,57-58H,1-3H3. The molecule has 2 nitrogen and oxygen atoms in total. The molecule has 0 bridgehead atoms. The zero-order chi connectivity index (χ0) is 40.1. The van der Waals surface area contributed by atoms with E-state index in [1.54, 1.807) is 0 Å². The summed E-state index contributed by atoms with van der Waals surface area (Å²) in [6.07, 6.45) is 0. The van der Waals surface area contributed by atoms with E-state index in [-0.39, 0.29) is 5.41 Å². The van der Waals surface area contributed by atoms with Crippen molar-refractivity contribution in [3.63, 3.8) is 0 Å². The van der Waals surface area contributed by atoms with E-state index in [1.807, 2.05) is 11.3 Å². The Kier molecular flexibility index (Phi) is 7.79. The molecule has 12 rings (SSSR count). The lowest BCUT2D eigenvalue weighted by molar-refractivity contribution is 0.590. The maximum Gasteiger partial charge on any atom is 0.198 e. The van der Waals surface area contributed by atoms with Crippen molar-refractivity contribution in [2.45, 2.75) is 26.2 Å². The van der Waals surface area contributed by atoms with Gasteiger partial charge >= 0.3 is 0 Å². The summed E-state index contributed by atoms with van der Waals surface area (Å²) in [6, 6.07) is 67.7. The fourth-order valence-corrected chi connectivity index (χ4v) is 11.0. The van der Waals surface area contributed by atoms with Crippen molar-refractivity contribution in [3.05, 3.63) is 188 Å². The molecule has 1 aliphatic rings. The predicted molar refractivity (Wildman–Crippen MR) is 262 cm³/mol. The van der Waals surface area contributed by atoms with Crippen LogP contribution in [0.5, 0.6) is 0 Å². The van der Waals surface area contributed by atoms with Crippen molar-refractivity contribution in [1.82, 2.24) is 4.57 Å². The van der Waals surface area contributed by atoms with Gasteiger partial charge in [0.15, 0.2) is 7.28 Å². The number of thiophene rings is 1. The van der Waals surface area contributed by atoms with Gasteiger partial charge in [0, 0.05) is 48.7 Å². The number of hydrogen-bond donors (Lipinski definition) is 1. The van der Waals surface area contributed by atoms with Gasteiger partial charge in [-0.2, -0.15) is 0 Å². The molecule has 0 fully saturated rings. The smallest absolute Gasteiger partial charge is 0.198 e. The first-order valence-electron chi connectivity index (χ1n) is 21.0. The van der Waals surface area contributed by atoms with Crippen LogP contribution in [0.2, 0.25) is 0 Å². The van der Waals surface area contributed by atoms with Crippen molar-refractivity contribution < 1.29 is 0 Å². The molecule has 284 valence electrons. The second-order valence-corrected chi connectivity index (χ2v) is 18.5. The number of aromatic nitrogens is 1. The normalized spacial score (nSPS) is 12.4. The number of hydrogen-bond acceptors (Lipinski definition) is 2. The number of anilines is 2. The van der Waals surface area contributed by atoms with E-state index >= 15 is 0 Å². The second kappa shape index (κ2) is 13.3. The number of nitrogens with one attached hydrogen (secondary N) is 1. The van der Waals surface area contributed by atoms with Crippen molar-refractivity contribution in [2.24, 2.45) is 0 Å². The van der Waals surface area contributed by atoms with Gasteiger partial charge in [0.1, 0.15) is 0 Å². The molecule has 3 heterocycles. The average Bonchev–Trinajstić information content (AvgIpc) is 3.82. The third-order valence-corrected chi connectivity index (χ3v) is 13.9. The highest BCUT2D eigenvalue weighted by atomic mass is 32.1. The van der Waals surface area contributed by atoms with Gasteiger partial charge in [-0.05, 0) is 110 Å². The minimum atomic E-state index is 0.0816. The Bertz CT molecular complexity index is 3500. The minimum Gasteiger partial charge on any atom is -0.355 e. The molecule has 1 N–H and O–H groups in total. The van der Waals surface area contributed by atoms with E-state index < -0.39 is 0 Å². The number of rotatable bonds is 5. The van der Waals surface area contributed by atoms with Crippen molar-refractivity contribution in [2.75, 3.05) is 5.32 Å². The van der Waals surface area contributed by atoms with Gasteiger partial charge in [-0.3, -0.25) is 0 Å². The lowest BCUT2D eigenvalue weighted by Crippen LogP contribution is -2.37. The van der Waals surface area contributed by atoms with Gasteiger partial charge in [0.05, 0.1) is 15.9 Å². The minimum absolute atomic E-state index is 0.0816. The van der Waals surface area contributed by atoms with Crippen LogP contribution in [-0.2, 0) is 5.41 Å². The SMILES string of the molecule is CC(C)(C)c1ccc(Nc2cc3ccccc3cc2-c2cc3c(sc4ccccc43)c3c2Bc2cc(-c4ccccc4)cc4c5cc(-c6ccccc6)ccc5n-3c24)cc1. The Morgan fingerprint density at radius 2 is 1.18 bits per heavy atom. The molecular weight excluding hydrogens is 744 g/mol. The summed E-state index contributed by atoms with van der Waals surface area (Å²) in [4.78, 5) is 0. The van der Waals surface area contributed by atoms with Crippen LogP contribution in [0.1, 0.15) is 26.3 Å². The summed E-state index contributed by atoms with van der Waals surface area (Å²) in [5, 5.41) is 11.6. The Morgan fingerprint density at radius 3 is 1.93 bits per heavy atom. The maximum atomic E-state index is 3.94. The molecule has 0 saturated heterocycles. The van der Waals surface area contributed by atoms with Crippen LogP contribution in [-0.4, -0.2) is 11.8 Å². The van der Waals surface area contributed by atoms with Crippen molar-refractivity contribution >= 4 is 93.7 Å².